The van der Waals surface area contributed by atoms with E-state index >= 15 is 0 Å². The summed E-state index contributed by atoms with van der Waals surface area (Å²) < 4.78 is 7.35. The zero-order valence-corrected chi connectivity index (χ0v) is 18.6. The van der Waals surface area contributed by atoms with Crippen LogP contribution < -0.4 is 16.4 Å². The van der Waals surface area contributed by atoms with Crippen molar-refractivity contribution in [2.24, 2.45) is 5.92 Å². The molecule has 8 nitrogen and oxygen atoms in total. The molecule has 0 unspecified atom stereocenters. The van der Waals surface area contributed by atoms with E-state index in [0.29, 0.717) is 5.95 Å². The fourth-order valence-electron chi connectivity index (χ4n) is 4.58. The van der Waals surface area contributed by atoms with Gasteiger partial charge in [0.25, 0.3) is 0 Å². The van der Waals surface area contributed by atoms with Crippen LogP contribution in [0.4, 0.5) is 16.4 Å². The van der Waals surface area contributed by atoms with Gasteiger partial charge in [-0.1, -0.05) is 19.3 Å². The van der Waals surface area contributed by atoms with Gasteiger partial charge in [-0.3, -0.25) is 4.79 Å². The molecular weight excluding hydrogens is 394 g/mol. The molecule has 4 N–H and O–H groups in total. The van der Waals surface area contributed by atoms with Crippen LogP contribution in [-0.4, -0.2) is 33.2 Å². The van der Waals surface area contributed by atoms with Crippen molar-refractivity contribution in [1.29, 1.82) is 0 Å². The SMILES string of the molecule is CC(C)(C)OC(=O)NC1CC(n2c(N)nc3cc(NC(=O)C4CCCCC4)ccc32)C1. The topological polar surface area (TPSA) is 111 Å². The van der Waals surface area contributed by atoms with Gasteiger partial charge in [0.1, 0.15) is 5.60 Å². The monoisotopic (exact) mass is 427 g/mol. The number of aromatic nitrogens is 2. The number of fused-ring (bicyclic) bond motifs is 1. The lowest BCUT2D eigenvalue weighted by Crippen LogP contribution is -2.46. The van der Waals surface area contributed by atoms with Gasteiger partial charge in [0.2, 0.25) is 11.9 Å². The van der Waals surface area contributed by atoms with E-state index in [9.17, 15) is 9.59 Å². The maximum Gasteiger partial charge on any atom is 0.407 e. The van der Waals surface area contributed by atoms with Crippen molar-refractivity contribution >= 4 is 34.7 Å². The van der Waals surface area contributed by atoms with Crippen LogP contribution in [0.2, 0.25) is 0 Å². The number of rotatable bonds is 4. The van der Waals surface area contributed by atoms with Crippen molar-refractivity contribution in [3.8, 4) is 0 Å². The third-order valence-electron chi connectivity index (χ3n) is 6.16. The number of hydrogen-bond acceptors (Lipinski definition) is 5. The number of nitrogens with one attached hydrogen (secondary N) is 2. The largest absolute Gasteiger partial charge is 0.444 e. The lowest BCUT2D eigenvalue weighted by Gasteiger charge is -2.37. The highest BCUT2D eigenvalue weighted by atomic mass is 16.6. The molecule has 0 saturated heterocycles. The molecule has 8 heteroatoms. The summed E-state index contributed by atoms with van der Waals surface area (Å²) in [5.41, 5.74) is 8.16. The summed E-state index contributed by atoms with van der Waals surface area (Å²) in [6.45, 7) is 5.54. The van der Waals surface area contributed by atoms with Crippen LogP contribution >= 0.6 is 0 Å². The molecule has 1 aromatic carbocycles. The first-order chi connectivity index (χ1) is 14.7. The Morgan fingerprint density at radius 2 is 1.87 bits per heavy atom. The van der Waals surface area contributed by atoms with Crippen molar-refractivity contribution in [3.63, 3.8) is 0 Å². The fourth-order valence-corrected chi connectivity index (χ4v) is 4.58. The van der Waals surface area contributed by atoms with Gasteiger partial charge in [0, 0.05) is 23.7 Å². The molecule has 2 fully saturated rings. The molecule has 2 aliphatic carbocycles. The van der Waals surface area contributed by atoms with Gasteiger partial charge in [-0.15, -0.1) is 0 Å². The summed E-state index contributed by atoms with van der Waals surface area (Å²) in [4.78, 5) is 29.0. The van der Waals surface area contributed by atoms with E-state index in [4.69, 9.17) is 10.5 Å². The van der Waals surface area contributed by atoms with E-state index in [1.807, 2.05) is 43.5 Å². The third-order valence-corrected chi connectivity index (χ3v) is 6.16. The normalized spacial score (nSPS) is 22.0. The minimum atomic E-state index is -0.512. The van der Waals surface area contributed by atoms with E-state index in [2.05, 4.69) is 15.6 Å². The molecule has 4 rings (SSSR count). The maximum absolute atomic E-state index is 12.5. The summed E-state index contributed by atoms with van der Waals surface area (Å²) in [6.07, 6.45) is 6.57. The van der Waals surface area contributed by atoms with Crippen LogP contribution in [0.15, 0.2) is 18.2 Å². The minimum Gasteiger partial charge on any atom is -0.444 e. The maximum atomic E-state index is 12.5. The van der Waals surface area contributed by atoms with Gasteiger partial charge in [-0.25, -0.2) is 9.78 Å². The van der Waals surface area contributed by atoms with E-state index in [1.54, 1.807) is 0 Å². The second-order valence-corrected chi connectivity index (χ2v) is 9.84. The minimum absolute atomic E-state index is 0.0609. The zero-order chi connectivity index (χ0) is 22.2. The first-order valence-electron chi connectivity index (χ1n) is 11.3. The Balaban J connectivity index is 1.39. The predicted octanol–water partition coefficient (Wildman–Crippen LogP) is 4.37. The lowest BCUT2D eigenvalue weighted by atomic mass is 9.86. The van der Waals surface area contributed by atoms with E-state index in [-0.39, 0.29) is 23.9 Å². The quantitative estimate of drug-likeness (QED) is 0.671. The zero-order valence-electron chi connectivity index (χ0n) is 18.6. The van der Waals surface area contributed by atoms with Gasteiger partial charge in [0.15, 0.2) is 0 Å². The first-order valence-corrected chi connectivity index (χ1v) is 11.3. The summed E-state index contributed by atoms with van der Waals surface area (Å²) >= 11 is 0. The number of nitrogens with zero attached hydrogens (tertiary/aromatic N) is 2. The van der Waals surface area contributed by atoms with Crippen LogP contribution in [0.25, 0.3) is 11.0 Å². The number of carbonyl (C=O) groups excluding carboxylic acids is 2. The molecule has 1 heterocycles. The number of anilines is 2. The number of nitrogens with two attached hydrogens (primary N) is 1. The number of nitrogen functional groups attached to an aromatic ring is 1. The van der Waals surface area contributed by atoms with Gasteiger partial charge >= 0.3 is 6.09 Å². The van der Waals surface area contributed by atoms with Gasteiger partial charge in [-0.2, -0.15) is 0 Å². The summed E-state index contributed by atoms with van der Waals surface area (Å²) in [5.74, 6) is 0.657. The van der Waals surface area contributed by atoms with Crippen LogP contribution in [0.3, 0.4) is 0 Å². The fraction of sp³-hybridized carbons (Fsp3) is 0.609. The highest BCUT2D eigenvalue weighted by Crippen LogP contribution is 2.37. The predicted molar refractivity (Wildman–Crippen MR) is 121 cm³/mol. The second kappa shape index (κ2) is 8.40. The number of ether oxygens (including phenoxy) is 1. The molecule has 0 radical (unpaired) electrons. The number of amides is 2. The Bertz CT molecular complexity index is 965. The summed E-state index contributed by atoms with van der Waals surface area (Å²) in [6, 6.07) is 6.00. The van der Waals surface area contributed by atoms with Crippen molar-refractivity contribution in [1.82, 2.24) is 14.9 Å². The number of alkyl carbamates (subject to hydrolysis) is 1. The number of carbonyl (C=O) groups is 2. The molecule has 2 amide bonds. The van der Waals surface area contributed by atoms with Crippen molar-refractivity contribution in [2.45, 2.75) is 83.4 Å². The molecule has 168 valence electrons. The standard InChI is InChI=1S/C23H33N5O3/c1-23(2,3)31-22(30)26-16-11-17(12-16)28-19-10-9-15(13-18(19)27-21(28)24)25-20(29)14-7-5-4-6-8-14/h9-10,13-14,16-17H,4-8,11-12H2,1-3H3,(H2,24,27)(H,25,29)(H,26,30). The highest BCUT2D eigenvalue weighted by Gasteiger charge is 2.34. The Kier molecular flexibility index (Phi) is 5.81. The average Bonchev–Trinajstić information content (AvgIpc) is 2.98. The Morgan fingerprint density at radius 1 is 1.16 bits per heavy atom. The van der Waals surface area contributed by atoms with E-state index < -0.39 is 11.7 Å². The van der Waals surface area contributed by atoms with Crippen LogP contribution in [0.5, 0.6) is 0 Å². The Hall–Kier alpha value is -2.77. The molecule has 0 aliphatic heterocycles. The molecule has 0 atom stereocenters. The van der Waals surface area contributed by atoms with Crippen molar-refractivity contribution in [3.05, 3.63) is 18.2 Å². The van der Waals surface area contributed by atoms with Crippen molar-refractivity contribution in [2.75, 3.05) is 11.1 Å². The number of imidazole rings is 1. The molecular formula is C23H33N5O3. The molecule has 2 saturated carbocycles. The Morgan fingerprint density at radius 3 is 2.55 bits per heavy atom. The van der Waals surface area contributed by atoms with E-state index in [1.165, 1.54) is 6.42 Å². The Labute approximate surface area is 182 Å². The molecule has 0 spiro atoms. The lowest BCUT2D eigenvalue weighted by molar-refractivity contribution is -0.120. The molecule has 2 aliphatic rings. The average molecular weight is 428 g/mol. The number of benzene rings is 1. The van der Waals surface area contributed by atoms with Crippen molar-refractivity contribution < 1.29 is 14.3 Å². The van der Waals surface area contributed by atoms with Gasteiger partial charge in [-0.05, 0) is 64.7 Å². The van der Waals surface area contributed by atoms with Gasteiger partial charge in [0.05, 0.1) is 11.0 Å². The summed E-state index contributed by atoms with van der Waals surface area (Å²) in [5, 5.41) is 5.96. The van der Waals surface area contributed by atoms with Crippen LogP contribution in [-0.2, 0) is 9.53 Å². The van der Waals surface area contributed by atoms with Crippen LogP contribution in [0.1, 0.15) is 71.8 Å². The smallest absolute Gasteiger partial charge is 0.407 e. The molecule has 1 aromatic heterocycles. The number of hydrogen-bond donors (Lipinski definition) is 3. The van der Waals surface area contributed by atoms with Crippen LogP contribution in [0, 0.1) is 5.92 Å². The highest BCUT2D eigenvalue weighted by molar-refractivity contribution is 5.94. The van der Waals surface area contributed by atoms with E-state index in [0.717, 1.165) is 55.2 Å². The third kappa shape index (κ3) is 4.94. The van der Waals surface area contributed by atoms with Gasteiger partial charge < -0.3 is 25.7 Å². The molecule has 2 aromatic rings. The molecule has 31 heavy (non-hydrogen) atoms. The second-order valence-electron chi connectivity index (χ2n) is 9.84. The first kappa shape index (κ1) is 21.5. The molecule has 0 bridgehead atoms. The summed E-state index contributed by atoms with van der Waals surface area (Å²) in [7, 11) is 0.